The molecule has 23 heavy (non-hydrogen) atoms. The van der Waals surface area contributed by atoms with Gasteiger partial charge in [0.25, 0.3) is 5.69 Å². The first-order valence-corrected chi connectivity index (χ1v) is 7.81. The summed E-state index contributed by atoms with van der Waals surface area (Å²) in [5.74, 6) is -0.216. The van der Waals surface area contributed by atoms with E-state index in [1.54, 1.807) is 18.2 Å². The largest absolute Gasteiger partial charge is 0.327 e. The van der Waals surface area contributed by atoms with Gasteiger partial charge in [0, 0.05) is 31.6 Å². The monoisotopic (exact) mass is 320 g/mol. The normalized spacial score (nSPS) is 20.9. The molecule has 1 saturated heterocycles. The number of para-hydroxylation sites is 2. The highest BCUT2D eigenvalue weighted by Gasteiger charge is 2.33. The van der Waals surface area contributed by atoms with E-state index >= 15 is 0 Å². The Morgan fingerprint density at radius 3 is 2.83 bits per heavy atom. The second-order valence-electron chi connectivity index (χ2n) is 6.73. The molecular weight excluding hydrogens is 296 g/mol. The highest BCUT2D eigenvalue weighted by Crippen LogP contribution is 2.28. The SMILES string of the molecule is CC1(C)CN(CCC(=O)Nc2ccccc2[N+](=O)[O-])CCC1N. The minimum atomic E-state index is -0.496. The number of nitrogens with two attached hydrogens (primary N) is 1. The highest BCUT2D eigenvalue weighted by molar-refractivity contribution is 5.93. The fraction of sp³-hybridized carbons (Fsp3) is 0.562. The van der Waals surface area contributed by atoms with Gasteiger partial charge in [0.15, 0.2) is 0 Å². The molecule has 1 aliphatic rings. The van der Waals surface area contributed by atoms with Gasteiger partial charge in [-0.25, -0.2) is 0 Å². The van der Waals surface area contributed by atoms with E-state index in [2.05, 4.69) is 24.1 Å². The van der Waals surface area contributed by atoms with Crippen LogP contribution in [0, 0.1) is 15.5 Å². The van der Waals surface area contributed by atoms with E-state index in [-0.39, 0.29) is 28.7 Å². The molecule has 7 heteroatoms. The summed E-state index contributed by atoms with van der Waals surface area (Å²) in [6.07, 6.45) is 1.22. The maximum Gasteiger partial charge on any atom is 0.292 e. The number of hydrogen-bond donors (Lipinski definition) is 2. The van der Waals surface area contributed by atoms with E-state index in [9.17, 15) is 14.9 Å². The number of nitro groups is 1. The van der Waals surface area contributed by atoms with Gasteiger partial charge >= 0.3 is 0 Å². The maximum atomic E-state index is 12.1. The Bertz CT molecular complexity index is 588. The Hall–Kier alpha value is -1.99. The first kappa shape index (κ1) is 17.4. The zero-order valence-corrected chi connectivity index (χ0v) is 13.6. The molecule has 1 amide bonds. The lowest BCUT2D eigenvalue weighted by atomic mass is 9.80. The van der Waals surface area contributed by atoms with E-state index in [0.29, 0.717) is 13.0 Å². The number of carbonyl (C=O) groups is 1. The summed E-state index contributed by atoms with van der Waals surface area (Å²) in [4.78, 5) is 24.7. The van der Waals surface area contributed by atoms with Crippen molar-refractivity contribution in [3.63, 3.8) is 0 Å². The highest BCUT2D eigenvalue weighted by atomic mass is 16.6. The van der Waals surface area contributed by atoms with Crippen LogP contribution < -0.4 is 11.1 Å². The summed E-state index contributed by atoms with van der Waals surface area (Å²) < 4.78 is 0. The average molecular weight is 320 g/mol. The summed E-state index contributed by atoms with van der Waals surface area (Å²) in [6, 6.07) is 6.34. The molecule has 1 aliphatic heterocycles. The van der Waals surface area contributed by atoms with Crippen LogP contribution in [0.25, 0.3) is 0 Å². The fourth-order valence-corrected chi connectivity index (χ4v) is 2.89. The van der Waals surface area contributed by atoms with Gasteiger partial charge < -0.3 is 16.0 Å². The Kier molecular flexibility index (Phi) is 5.33. The van der Waals surface area contributed by atoms with E-state index < -0.39 is 4.92 Å². The van der Waals surface area contributed by atoms with Gasteiger partial charge in [-0.05, 0) is 24.4 Å². The lowest BCUT2D eigenvalue weighted by molar-refractivity contribution is -0.383. The van der Waals surface area contributed by atoms with Crippen molar-refractivity contribution < 1.29 is 9.72 Å². The maximum absolute atomic E-state index is 12.1. The first-order valence-electron chi connectivity index (χ1n) is 7.81. The quantitative estimate of drug-likeness (QED) is 0.638. The third-order valence-corrected chi connectivity index (χ3v) is 4.42. The second-order valence-corrected chi connectivity index (χ2v) is 6.73. The third kappa shape index (κ3) is 4.49. The lowest BCUT2D eigenvalue weighted by Gasteiger charge is -2.42. The predicted octanol–water partition coefficient (Wildman–Crippen LogP) is 1.98. The molecule has 0 saturated carbocycles. The molecule has 0 aromatic heterocycles. The van der Waals surface area contributed by atoms with Gasteiger partial charge in [0.2, 0.25) is 5.91 Å². The van der Waals surface area contributed by atoms with Gasteiger partial charge in [0.1, 0.15) is 5.69 Å². The van der Waals surface area contributed by atoms with E-state index in [1.165, 1.54) is 6.07 Å². The van der Waals surface area contributed by atoms with Crippen LogP contribution >= 0.6 is 0 Å². The number of piperidine rings is 1. The average Bonchev–Trinajstić information content (AvgIpc) is 2.48. The minimum Gasteiger partial charge on any atom is -0.327 e. The third-order valence-electron chi connectivity index (χ3n) is 4.42. The van der Waals surface area contributed by atoms with Crippen LogP contribution in [-0.2, 0) is 4.79 Å². The summed E-state index contributed by atoms with van der Waals surface area (Å²) in [5.41, 5.74) is 6.29. The number of carbonyl (C=O) groups excluding carboxylic acids is 1. The Morgan fingerprint density at radius 1 is 1.48 bits per heavy atom. The van der Waals surface area contributed by atoms with Crippen LogP contribution in [0.4, 0.5) is 11.4 Å². The molecule has 0 aliphatic carbocycles. The van der Waals surface area contributed by atoms with Crippen LogP contribution in [-0.4, -0.2) is 41.4 Å². The van der Waals surface area contributed by atoms with Crippen molar-refractivity contribution in [2.75, 3.05) is 25.0 Å². The molecule has 0 radical (unpaired) electrons. The van der Waals surface area contributed by atoms with Crippen LogP contribution in [0.15, 0.2) is 24.3 Å². The Labute approximate surface area is 136 Å². The lowest BCUT2D eigenvalue weighted by Crippen LogP contribution is -2.52. The number of nitrogens with one attached hydrogen (secondary N) is 1. The number of nitro benzene ring substituents is 1. The summed E-state index contributed by atoms with van der Waals surface area (Å²) in [5, 5.41) is 13.6. The molecule has 1 unspecified atom stereocenters. The van der Waals surface area contributed by atoms with E-state index in [4.69, 9.17) is 5.73 Å². The number of nitrogens with zero attached hydrogens (tertiary/aromatic N) is 2. The van der Waals surface area contributed by atoms with Gasteiger partial charge in [-0.3, -0.25) is 14.9 Å². The van der Waals surface area contributed by atoms with Crippen LogP contribution in [0.5, 0.6) is 0 Å². The molecule has 1 heterocycles. The van der Waals surface area contributed by atoms with Gasteiger partial charge in [-0.2, -0.15) is 0 Å². The minimum absolute atomic E-state index is 0.0347. The molecule has 1 atom stereocenters. The number of anilines is 1. The van der Waals surface area contributed by atoms with E-state index in [0.717, 1.165) is 19.5 Å². The predicted molar refractivity (Wildman–Crippen MR) is 89.2 cm³/mol. The number of rotatable bonds is 5. The Balaban J connectivity index is 1.88. The summed E-state index contributed by atoms with van der Waals surface area (Å²) in [7, 11) is 0. The molecule has 3 N–H and O–H groups in total. The molecule has 1 aromatic carbocycles. The van der Waals surface area contributed by atoms with Crippen molar-refractivity contribution in [1.82, 2.24) is 4.90 Å². The fourth-order valence-electron chi connectivity index (χ4n) is 2.89. The molecule has 0 bridgehead atoms. The molecule has 2 rings (SSSR count). The molecule has 126 valence electrons. The number of hydrogen-bond acceptors (Lipinski definition) is 5. The number of benzene rings is 1. The summed E-state index contributed by atoms with van der Waals surface area (Å²) >= 11 is 0. The molecule has 0 spiro atoms. The van der Waals surface area contributed by atoms with Crippen LogP contribution in [0.3, 0.4) is 0 Å². The zero-order chi connectivity index (χ0) is 17.0. The zero-order valence-electron chi connectivity index (χ0n) is 13.6. The van der Waals surface area contributed by atoms with Crippen LogP contribution in [0.1, 0.15) is 26.7 Å². The van der Waals surface area contributed by atoms with Crippen LogP contribution in [0.2, 0.25) is 0 Å². The standard InChI is InChI=1S/C16H24N4O3/c1-16(2)11-19(9-7-14(16)17)10-8-15(21)18-12-5-3-4-6-13(12)20(22)23/h3-6,14H,7-11,17H2,1-2H3,(H,18,21). The topological polar surface area (TPSA) is 102 Å². The number of likely N-dealkylation sites (tertiary alicyclic amines) is 1. The second kappa shape index (κ2) is 7.06. The van der Waals surface area contributed by atoms with Crippen molar-refractivity contribution >= 4 is 17.3 Å². The van der Waals surface area contributed by atoms with Crippen molar-refractivity contribution in [3.8, 4) is 0 Å². The first-order chi connectivity index (χ1) is 10.8. The smallest absolute Gasteiger partial charge is 0.292 e. The van der Waals surface area contributed by atoms with E-state index in [1.807, 2.05) is 0 Å². The summed E-state index contributed by atoms with van der Waals surface area (Å²) in [6.45, 7) is 6.63. The van der Waals surface area contributed by atoms with Crippen molar-refractivity contribution in [1.29, 1.82) is 0 Å². The van der Waals surface area contributed by atoms with Crippen molar-refractivity contribution in [2.45, 2.75) is 32.7 Å². The Morgan fingerprint density at radius 2 is 2.17 bits per heavy atom. The van der Waals surface area contributed by atoms with Gasteiger partial charge in [-0.1, -0.05) is 26.0 Å². The van der Waals surface area contributed by atoms with Gasteiger partial charge in [0.05, 0.1) is 4.92 Å². The molecule has 7 nitrogen and oxygen atoms in total. The van der Waals surface area contributed by atoms with Crippen molar-refractivity contribution in [2.24, 2.45) is 11.1 Å². The molecule has 1 fully saturated rings. The van der Waals surface area contributed by atoms with Crippen molar-refractivity contribution in [3.05, 3.63) is 34.4 Å². The molecular formula is C16H24N4O3. The molecule has 1 aromatic rings. The van der Waals surface area contributed by atoms with Gasteiger partial charge in [-0.15, -0.1) is 0 Å². The number of amides is 1.